The average molecular weight is 458 g/mol. The number of hydrogen-bond acceptors (Lipinski definition) is 5. The summed E-state index contributed by atoms with van der Waals surface area (Å²) in [5.41, 5.74) is 0.515. The van der Waals surface area contributed by atoms with Crippen LogP contribution in [0.15, 0.2) is 63.9 Å². The number of aromatic carboxylic acids is 1. The fourth-order valence-electron chi connectivity index (χ4n) is 3.07. The van der Waals surface area contributed by atoms with Crippen molar-refractivity contribution < 1.29 is 28.3 Å². The highest BCUT2D eigenvalue weighted by molar-refractivity contribution is 8.18. The van der Waals surface area contributed by atoms with Gasteiger partial charge in [0.2, 0.25) is 0 Å². The molecule has 6 nitrogen and oxygen atoms in total. The second-order valence-electron chi connectivity index (χ2n) is 6.52. The van der Waals surface area contributed by atoms with Crippen LogP contribution in [0.25, 0.3) is 17.4 Å². The van der Waals surface area contributed by atoms with Crippen molar-refractivity contribution in [3.63, 3.8) is 0 Å². The standard InChI is InChI=1S/C22H13ClFNO5S/c23-16-6-3-7-17(24)15(16)11-25-20(26)19(31-22(25)29)10-12-8-9-18(30-12)13-4-1-2-5-14(13)21(27)28/h1-10H,11H2,(H,27,28)/b19-10-. The van der Waals surface area contributed by atoms with Crippen LogP contribution in [0.5, 0.6) is 0 Å². The number of carboxylic acid groups (broad SMARTS) is 1. The molecule has 1 saturated heterocycles. The molecule has 0 saturated carbocycles. The van der Waals surface area contributed by atoms with Crippen molar-refractivity contribution in [1.29, 1.82) is 0 Å². The van der Waals surface area contributed by atoms with Gasteiger partial charge in [-0.1, -0.05) is 35.9 Å². The molecule has 1 N–H and O–H groups in total. The number of furan rings is 1. The molecule has 9 heteroatoms. The molecule has 0 unspecified atom stereocenters. The summed E-state index contributed by atoms with van der Waals surface area (Å²) in [4.78, 5) is 37.4. The molecule has 2 heterocycles. The number of amides is 2. The molecule has 156 valence electrons. The van der Waals surface area contributed by atoms with E-state index in [0.29, 0.717) is 23.1 Å². The van der Waals surface area contributed by atoms with Gasteiger partial charge in [-0.05, 0) is 42.1 Å². The first-order valence-electron chi connectivity index (χ1n) is 8.96. The van der Waals surface area contributed by atoms with E-state index in [0.717, 1.165) is 4.90 Å². The highest BCUT2D eigenvalue weighted by atomic mass is 35.5. The molecular weight excluding hydrogens is 445 g/mol. The maximum Gasteiger partial charge on any atom is 0.336 e. The normalized spacial score (nSPS) is 15.2. The van der Waals surface area contributed by atoms with Crippen LogP contribution in [0.3, 0.4) is 0 Å². The average Bonchev–Trinajstić information content (AvgIpc) is 3.30. The van der Waals surface area contributed by atoms with Gasteiger partial charge in [-0.2, -0.15) is 0 Å². The second kappa shape index (κ2) is 8.41. The molecule has 31 heavy (non-hydrogen) atoms. The molecule has 0 bridgehead atoms. The van der Waals surface area contributed by atoms with E-state index in [1.54, 1.807) is 30.3 Å². The maximum absolute atomic E-state index is 14.0. The van der Waals surface area contributed by atoms with Crippen molar-refractivity contribution in [1.82, 2.24) is 4.90 Å². The summed E-state index contributed by atoms with van der Waals surface area (Å²) in [7, 11) is 0. The van der Waals surface area contributed by atoms with E-state index >= 15 is 0 Å². The number of rotatable bonds is 5. The van der Waals surface area contributed by atoms with Gasteiger partial charge in [0.25, 0.3) is 11.1 Å². The summed E-state index contributed by atoms with van der Waals surface area (Å²) < 4.78 is 19.7. The van der Waals surface area contributed by atoms with Gasteiger partial charge in [-0.15, -0.1) is 0 Å². The summed E-state index contributed by atoms with van der Waals surface area (Å²) in [5, 5.41) is 8.90. The lowest BCUT2D eigenvalue weighted by molar-refractivity contribution is -0.123. The number of carbonyl (C=O) groups is 3. The molecule has 1 aliphatic rings. The van der Waals surface area contributed by atoms with E-state index in [2.05, 4.69) is 0 Å². The van der Waals surface area contributed by atoms with Crippen molar-refractivity contribution in [2.24, 2.45) is 0 Å². The molecule has 1 fully saturated rings. The first kappa shape index (κ1) is 20.9. The Kier molecular flexibility index (Phi) is 5.67. The van der Waals surface area contributed by atoms with Gasteiger partial charge in [0, 0.05) is 22.2 Å². The lowest BCUT2D eigenvalue weighted by atomic mass is 10.1. The smallest absolute Gasteiger partial charge is 0.336 e. The Hall–Kier alpha value is -3.36. The number of benzene rings is 2. The van der Waals surface area contributed by atoms with E-state index in [4.69, 9.17) is 16.0 Å². The van der Waals surface area contributed by atoms with Crippen molar-refractivity contribution >= 4 is 46.6 Å². The molecule has 3 aromatic rings. The number of carboxylic acids is 1. The van der Waals surface area contributed by atoms with Crippen LogP contribution >= 0.6 is 23.4 Å². The van der Waals surface area contributed by atoms with Crippen LogP contribution in [-0.2, 0) is 11.3 Å². The molecule has 0 atom stereocenters. The molecule has 2 aromatic carbocycles. The number of halogens is 2. The van der Waals surface area contributed by atoms with Gasteiger partial charge in [0.15, 0.2) is 0 Å². The largest absolute Gasteiger partial charge is 0.478 e. The molecule has 0 radical (unpaired) electrons. The summed E-state index contributed by atoms with van der Waals surface area (Å²) in [6, 6.07) is 13.6. The Balaban J connectivity index is 1.59. The topological polar surface area (TPSA) is 87.8 Å². The predicted octanol–water partition coefficient (Wildman–Crippen LogP) is 5.67. The lowest BCUT2D eigenvalue weighted by Gasteiger charge is -2.14. The predicted molar refractivity (Wildman–Crippen MR) is 114 cm³/mol. The molecule has 0 aliphatic carbocycles. The first-order chi connectivity index (χ1) is 14.8. The molecular formula is C22H13ClFNO5S. The Morgan fingerprint density at radius 2 is 1.90 bits per heavy atom. The van der Waals surface area contributed by atoms with Crippen LogP contribution in [0.1, 0.15) is 21.7 Å². The SMILES string of the molecule is O=C(O)c1ccccc1-c1ccc(/C=C2\SC(=O)N(Cc3c(F)cccc3Cl)C2=O)o1. The van der Waals surface area contributed by atoms with Gasteiger partial charge in [0.05, 0.1) is 17.0 Å². The first-order valence-corrected chi connectivity index (χ1v) is 10.2. The minimum Gasteiger partial charge on any atom is -0.478 e. The van der Waals surface area contributed by atoms with Crippen molar-refractivity contribution in [2.75, 3.05) is 0 Å². The summed E-state index contributed by atoms with van der Waals surface area (Å²) in [6.45, 7) is -0.289. The van der Waals surface area contributed by atoms with E-state index in [9.17, 15) is 23.9 Å². The zero-order valence-corrected chi connectivity index (χ0v) is 17.2. The summed E-state index contributed by atoms with van der Waals surface area (Å²) in [6.07, 6.45) is 1.39. The van der Waals surface area contributed by atoms with Gasteiger partial charge < -0.3 is 9.52 Å². The molecule has 0 spiro atoms. The third-order valence-electron chi connectivity index (χ3n) is 4.57. The van der Waals surface area contributed by atoms with Gasteiger partial charge >= 0.3 is 5.97 Å². The van der Waals surface area contributed by atoms with E-state index in [-0.39, 0.29) is 33.4 Å². The van der Waals surface area contributed by atoms with Crippen LogP contribution in [0.4, 0.5) is 9.18 Å². The molecule has 4 rings (SSSR count). The second-order valence-corrected chi connectivity index (χ2v) is 7.92. The third-order valence-corrected chi connectivity index (χ3v) is 5.84. The number of imide groups is 1. The zero-order valence-electron chi connectivity index (χ0n) is 15.7. The maximum atomic E-state index is 14.0. The van der Waals surface area contributed by atoms with Crippen LogP contribution in [0.2, 0.25) is 5.02 Å². The van der Waals surface area contributed by atoms with Crippen LogP contribution in [0, 0.1) is 5.82 Å². The minimum atomic E-state index is -1.10. The Bertz CT molecular complexity index is 1230. The lowest BCUT2D eigenvalue weighted by Crippen LogP contribution is -2.28. The van der Waals surface area contributed by atoms with Gasteiger partial charge in [-0.3, -0.25) is 14.5 Å². The Morgan fingerprint density at radius 1 is 1.13 bits per heavy atom. The van der Waals surface area contributed by atoms with Crippen molar-refractivity contribution in [3.8, 4) is 11.3 Å². The number of nitrogens with zero attached hydrogens (tertiary/aromatic N) is 1. The number of hydrogen-bond donors (Lipinski definition) is 1. The summed E-state index contributed by atoms with van der Waals surface area (Å²) >= 11 is 6.70. The van der Waals surface area contributed by atoms with E-state index in [1.807, 2.05) is 0 Å². The fourth-order valence-corrected chi connectivity index (χ4v) is 4.11. The van der Waals surface area contributed by atoms with Gasteiger partial charge in [0.1, 0.15) is 17.3 Å². The molecule has 1 aromatic heterocycles. The van der Waals surface area contributed by atoms with E-state index < -0.39 is 22.9 Å². The van der Waals surface area contributed by atoms with Crippen molar-refractivity contribution in [3.05, 3.63) is 87.2 Å². The monoisotopic (exact) mass is 457 g/mol. The highest BCUT2D eigenvalue weighted by Gasteiger charge is 2.36. The van der Waals surface area contributed by atoms with E-state index in [1.165, 1.54) is 30.3 Å². The number of thioether (sulfide) groups is 1. The zero-order chi connectivity index (χ0) is 22.1. The summed E-state index contributed by atoms with van der Waals surface area (Å²) in [5.74, 6) is -1.73. The van der Waals surface area contributed by atoms with Gasteiger partial charge in [-0.25, -0.2) is 9.18 Å². The van der Waals surface area contributed by atoms with Crippen LogP contribution in [-0.4, -0.2) is 27.1 Å². The Labute approximate surface area is 184 Å². The quantitative estimate of drug-likeness (QED) is 0.496. The number of carbonyl (C=O) groups excluding carboxylic acids is 2. The minimum absolute atomic E-state index is 0.0540. The highest BCUT2D eigenvalue weighted by Crippen LogP contribution is 2.35. The Morgan fingerprint density at radius 3 is 2.65 bits per heavy atom. The van der Waals surface area contributed by atoms with Crippen LogP contribution < -0.4 is 0 Å². The molecule has 2 amide bonds. The molecule has 1 aliphatic heterocycles. The fraction of sp³-hybridized carbons (Fsp3) is 0.0455. The van der Waals surface area contributed by atoms with Crippen molar-refractivity contribution in [2.45, 2.75) is 6.54 Å². The third kappa shape index (κ3) is 4.12.